The fraction of sp³-hybridized carbons (Fsp3) is 0.500. The van der Waals surface area contributed by atoms with E-state index in [4.69, 9.17) is 4.42 Å². The van der Waals surface area contributed by atoms with Crippen LogP contribution in [0.2, 0.25) is 0 Å². The summed E-state index contributed by atoms with van der Waals surface area (Å²) >= 11 is 0. The van der Waals surface area contributed by atoms with Crippen LogP contribution < -0.4 is 5.32 Å². The summed E-state index contributed by atoms with van der Waals surface area (Å²) < 4.78 is 5.82. The first-order valence-electron chi connectivity index (χ1n) is 9.39. The summed E-state index contributed by atoms with van der Waals surface area (Å²) in [4.78, 5) is 28.5. The fourth-order valence-corrected chi connectivity index (χ4v) is 3.49. The molecule has 2 fully saturated rings. The third-order valence-corrected chi connectivity index (χ3v) is 5.23. The zero-order chi connectivity index (χ0) is 18.1. The maximum absolute atomic E-state index is 12.4. The van der Waals surface area contributed by atoms with Crippen LogP contribution in [-0.2, 0) is 9.59 Å². The Morgan fingerprint density at radius 3 is 2.62 bits per heavy atom. The van der Waals surface area contributed by atoms with Crippen molar-refractivity contribution in [1.82, 2.24) is 15.1 Å². The highest BCUT2D eigenvalue weighted by Crippen LogP contribution is 2.31. The summed E-state index contributed by atoms with van der Waals surface area (Å²) in [6, 6.07) is 9.63. The molecule has 0 unspecified atom stereocenters. The van der Waals surface area contributed by atoms with Crippen LogP contribution in [-0.4, -0.2) is 54.3 Å². The highest BCUT2D eigenvalue weighted by atomic mass is 16.3. The van der Waals surface area contributed by atoms with Crippen LogP contribution in [0.25, 0.3) is 11.0 Å². The monoisotopic (exact) mass is 355 g/mol. The van der Waals surface area contributed by atoms with E-state index in [1.807, 2.05) is 42.2 Å². The van der Waals surface area contributed by atoms with Crippen molar-refractivity contribution in [3.63, 3.8) is 0 Å². The Morgan fingerprint density at radius 2 is 1.92 bits per heavy atom. The van der Waals surface area contributed by atoms with E-state index in [0.717, 1.165) is 55.8 Å². The number of amides is 2. The predicted molar refractivity (Wildman–Crippen MR) is 98.5 cm³/mol. The van der Waals surface area contributed by atoms with E-state index in [1.54, 1.807) is 0 Å². The van der Waals surface area contributed by atoms with Gasteiger partial charge in [-0.15, -0.1) is 0 Å². The third-order valence-electron chi connectivity index (χ3n) is 5.23. The molecule has 1 saturated carbocycles. The van der Waals surface area contributed by atoms with Gasteiger partial charge in [-0.05, 0) is 31.9 Å². The maximum atomic E-state index is 12.4. The fourth-order valence-electron chi connectivity index (χ4n) is 3.49. The van der Waals surface area contributed by atoms with Gasteiger partial charge in [0.05, 0.1) is 12.6 Å². The Morgan fingerprint density at radius 1 is 1.19 bits per heavy atom. The molecule has 2 heterocycles. The molecule has 4 rings (SSSR count). The molecule has 0 spiro atoms. The second-order valence-corrected chi connectivity index (χ2v) is 7.35. The Labute approximate surface area is 153 Å². The molecule has 1 aliphatic heterocycles. The first-order chi connectivity index (χ1) is 12.6. The number of carbonyl (C=O) groups excluding carboxylic acids is 2. The normalized spacial score (nSPS) is 19.5. The number of fused-ring (bicyclic) bond motifs is 1. The summed E-state index contributed by atoms with van der Waals surface area (Å²) in [5.74, 6) is 1.32. The van der Waals surface area contributed by atoms with Crippen molar-refractivity contribution in [2.75, 3.05) is 32.7 Å². The first-order valence-corrected chi connectivity index (χ1v) is 9.39. The van der Waals surface area contributed by atoms with Crippen molar-refractivity contribution in [2.24, 2.45) is 5.92 Å². The number of piperazine rings is 1. The summed E-state index contributed by atoms with van der Waals surface area (Å²) in [6.07, 6.45) is 2.09. The van der Waals surface area contributed by atoms with E-state index in [1.165, 1.54) is 0 Å². The Hall–Kier alpha value is -2.34. The summed E-state index contributed by atoms with van der Waals surface area (Å²) in [6.45, 7) is 5.25. The lowest BCUT2D eigenvalue weighted by molar-refractivity contribution is -0.134. The number of hydrogen-bond acceptors (Lipinski definition) is 4. The van der Waals surface area contributed by atoms with Crippen LogP contribution in [0.3, 0.4) is 0 Å². The number of rotatable bonds is 5. The highest BCUT2D eigenvalue weighted by Gasteiger charge is 2.34. The molecule has 1 aromatic heterocycles. The highest BCUT2D eigenvalue weighted by molar-refractivity contribution is 5.81. The van der Waals surface area contributed by atoms with Gasteiger partial charge in [-0.25, -0.2) is 0 Å². The first kappa shape index (κ1) is 17.1. The van der Waals surface area contributed by atoms with Crippen molar-refractivity contribution in [3.05, 3.63) is 36.1 Å². The van der Waals surface area contributed by atoms with Gasteiger partial charge in [-0.3, -0.25) is 14.5 Å². The van der Waals surface area contributed by atoms with E-state index in [2.05, 4.69) is 10.2 Å². The van der Waals surface area contributed by atoms with Gasteiger partial charge < -0.3 is 14.6 Å². The average Bonchev–Trinajstić information content (AvgIpc) is 3.39. The van der Waals surface area contributed by atoms with E-state index in [9.17, 15) is 9.59 Å². The molecule has 26 heavy (non-hydrogen) atoms. The van der Waals surface area contributed by atoms with Crippen molar-refractivity contribution in [1.29, 1.82) is 0 Å². The molecule has 6 heteroatoms. The number of furan rings is 1. The zero-order valence-corrected chi connectivity index (χ0v) is 15.1. The van der Waals surface area contributed by atoms with E-state index in [-0.39, 0.29) is 17.9 Å². The minimum atomic E-state index is -0.173. The van der Waals surface area contributed by atoms with Gasteiger partial charge in [-0.1, -0.05) is 18.2 Å². The minimum absolute atomic E-state index is 0.0140. The molecular formula is C20H25N3O3. The van der Waals surface area contributed by atoms with E-state index in [0.29, 0.717) is 12.5 Å². The number of nitrogens with one attached hydrogen (secondary N) is 1. The Bertz CT molecular complexity index is 770. The van der Waals surface area contributed by atoms with Gasteiger partial charge in [0, 0.05) is 37.5 Å². The molecule has 2 aromatic rings. The van der Waals surface area contributed by atoms with Crippen LogP contribution in [0.1, 0.15) is 31.6 Å². The van der Waals surface area contributed by atoms with Crippen LogP contribution in [0.4, 0.5) is 0 Å². The summed E-state index contributed by atoms with van der Waals surface area (Å²) in [5.41, 5.74) is 0.833. The van der Waals surface area contributed by atoms with Crippen molar-refractivity contribution < 1.29 is 14.0 Å². The van der Waals surface area contributed by atoms with E-state index < -0.39 is 0 Å². The van der Waals surface area contributed by atoms with Gasteiger partial charge in [-0.2, -0.15) is 0 Å². The van der Waals surface area contributed by atoms with Crippen LogP contribution in [0, 0.1) is 5.92 Å². The van der Waals surface area contributed by atoms with Gasteiger partial charge in [0.2, 0.25) is 11.8 Å². The summed E-state index contributed by atoms with van der Waals surface area (Å²) in [5, 5.41) is 4.05. The Balaban J connectivity index is 1.26. The third kappa shape index (κ3) is 3.75. The standard InChI is InChI=1S/C20H25N3O3/c1-14(18-12-16-4-2-3-5-17(16)26-18)21-19(24)13-22-8-10-23(11-9-22)20(25)15-6-7-15/h2-5,12,14-15H,6-11,13H2,1H3,(H,21,24)/t14-/m1/s1. The van der Waals surface area contributed by atoms with Gasteiger partial charge >= 0.3 is 0 Å². The number of benzene rings is 1. The van der Waals surface area contributed by atoms with Crippen LogP contribution in [0.15, 0.2) is 34.7 Å². The summed E-state index contributed by atoms with van der Waals surface area (Å²) in [7, 11) is 0. The molecule has 6 nitrogen and oxygen atoms in total. The molecular weight excluding hydrogens is 330 g/mol. The maximum Gasteiger partial charge on any atom is 0.234 e. The van der Waals surface area contributed by atoms with Crippen LogP contribution >= 0.6 is 0 Å². The van der Waals surface area contributed by atoms with Gasteiger partial charge in [0.1, 0.15) is 11.3 Å². The molecule has 1 N–H and O–H groups in total. The largest absolute Gasteiger partial charge is 0.459 e. The molecule has 1 aliphatic carbocycles. The number of hydrogen-bond donors (Lipinski definition) is 1. The van der Waals surface area contributed by atoms with Crippen molar-refractivity contribution >= 4 is 22.8 Å². The quantitative estimate of drug-likeness (QED) is 0.893. The minimum Gasteiger partial charge on any atom is -0.459 e. The van der Waals surface area contributed by atoms with Gasteiger partial charge in [0.15, 0.2) is 0 Å². The molecule has 2 aliphatic rings. The number of para-hydroxylation sites is 1. The van der Waals surface area contributed by atoms with E-state index >= 15 is 0 Å². The molecule has 2 amide bonds. The lowest BCUT2D eigenvalue weighted by atomic mass is 10.2. The molecule has 0 radical (unpaired) electrons. The van der Waals surface area contributed by atoms with Crippen LogP contribution in [0.5, 0.6) is 0 Å². The lowest BCUT2D eigenvalue weighted by Gasteiger charge is -2.34. The molecule has 1 aromatic carbocycles. The number of carbonyl (C=O) groups is 2. The van der Waals surface area contributed by atoms with Crippen molar-refractivity contribution in [2.45, 2.75) is 25.8 Å². The molecule has 138 valence electrons. The molecule has 0 bridgehead atoms. The SMILES string of the molecule is C[C@@H](NC(=O)CN1CCN(C(=O)C2CC2)CC1)c1cc2ccccc2o1. The zero-order valence-electron chi connectivity index (χ0n) is 15.1. The molecule has 1 saturated heterocycles. The second-order valence-electron chi connectivity index (χ2n) is 7.35. The average molecular weight is 355 g/mol. The smallest absolute Gasteiger partial charge is 0.234 e. The Kier molecular flexibility index (Phi) is 4.68. The van der Waals surface area contributed by atoms with Gasteiger partial charge in [0.25, 0.3) is 0 Å². The topological polar surface area (TPSA) is 65.8 Å². The number of nitrogens with zero attached hydrogens (tertiary/aromatic N) is 2. The van der Waals surface area contributed by atoms with Crippen molar-refractivity contribution in [3.8, 4) is 0 Å². The second kappa shape index (κ2) is 7.11. The molecule has 1 atom stereocenters. The lowest BCUT2D eigenvalue weighted by Crippen LogP contribution is -2.51. The predicted octanol–water partition coefficient (Wildman–Crippen LogP) is 2.16.